The summed E-state index contributed by atoms with van der Waals surface area (Å²) in [6.45, 7) is 4.62. The summed E-state index contributed by atoms with van der Waals surface area (Å²) in [6.07, 6.45) is 0. The van der Waals surface area contributed by atoms with E-state index in [2.05, 4.69) is 18.3 Å². The fourth-order valence-corrected chi connectivity index (χ4v) is 2.45. The molecule has 4 heteroatoms. The Hall–Kier alpha value is -0.220. The lowest BCUT2D eigenvalue weighted by atomic mass is 10.2. The van der Waals surface area contributed by atoms with Gasteiger partial charge in [0.25, 0.3) is 0 Å². The highest BCUT2D eigenvalue weighted by molar-refractivity contribution is 7.99. The highest BCUT2D eigenvalue weighted by Gasteiger charge is 2.03. The SMILES string of the molecule is CCSc1cc(Cl)ccc1CNCCOC. The molecule has 0 aliphatic carbocycles. The molecule has 0 saturated carbocycles. The van der Waals surface area contributed by atoms with E-state index in [-0.39, 0.29) is 0 Å². The zero-order valence-corrected chi connectivity index (χ0v) is 11.3. The normalized spacial score (nSPS) is 10.7. The smallest absolute Gasteiger partial charge is 0.0587 e. The van der Waals surface area contributed by atoms with Gasteiger partial charge in [0.1, 0.15) is 0 Å². The molecule has 90 valence electrons. The van der Waals surface area contributed by atoms with Gasteiger partial charge < -0.3 is 10.1 Å². The number of rotatable bonds is 7. The van der Waals surface area contributed by atoms with Gasteiger partial charge in [-0.05, 0) is 23.4 Å². The molecule has 1 aromatic rings. The maximum Gasteiger partial charge on any atom is 0.0587 e. The molecule has 2 nitrogen and oxygen atoms in total. The first kappa shape index (κ1) is 13.8. The summed E-state index contributed by atoms with van der Waals surface area (Å²) >= 11 is 7.81. The Balaban J connectivity index is 2.56. The Morgan fingerprint density at radius 2 is 2.25 bits per heavy atom. The zero-order chi connectivity index (χ0) is 11.8. The van der Waals surface area contributed by atoms with Crippen molar-refractivity contribution in [3.8, 4) is 0 Å². The van der Waals surface area contributed by atoms with Crippen LogP contribution in [-0.4, -0.2) is 26.0 Å². The predicted octanol–water partition coefficient (Wildman–Crippen LogP) is 3.19. The number of hydrogen-bond donors (Lipinski definition) is 1. The number of hydrogen-bond acceptors (Lipinski definition) is 3. The van der Waals surface area contributed by atoms with E-state index >= 15 is 0 Å². The molecule has 0 spiro atoms. The molecule has 0 fully saturated rings. The van der Waals surface area contributed by atoms with E-state index < -0.39 is 0 Å². The van der Waals surface area contributed by atoms with Gasteiger partial charge in [-0.25, -0.2) is 0 Å². The largest absolute Gasteiger partial charge is 0.383 e. The lowest BCUT2D eigenvalue weighted by molar-refractivity contribution is 0.199. The molecule has 0 aliphatic rings. The van der Waals surface area contributed by atoms with Gasteiger partial charge in [-0.2, -0.15) is 0 Å². The van der Waals surface area contributed by atoms with Gasteiger partial charge in [0, 0.05) is 30.1 Å². The van der Waals surface area contributed by atoms with Crippen molar-refractivity contribution in [3.63, 3.8) is 0 Å². The zero-order valence-electron chi connectivity index (χ0n) is 9.75. The van der Waals surface area contributed by atoms with Crippen LogP contribution in [0, 0.1) is 0 Å². The van der Waals surface area contributed by atoms with Crippen LogP contribution in [0.1, 0.15) is 12.5 Å². The first-order valence-electron chi connectivity index (χ1n) is 5.38. The molecule has 0 bridgehead atoms. The van der Waals surface area contributed by atoms with E-state index in [4.69, 9.17) is 16.3 Å². The second-order valence-corrected chi connectivity index (χ2v) is 5.10. The Morgan fingerprint density at radius 1 is 1.44 bits per heavy atom. The highest BCUT2D eigenvalue weighted by Crippen LogP contribution is 2.25. The number of benzene rings is 1. The van der Waals surface area contributed by atoms with Crippen LogP contribution in [-0.2, 0) is 11.3 Å². The van der Waals surface area contributed by atoms with Crippen LogP contribution in [0.15, 0.2) is 23.1 Å². The summed E-state index contributed by atoms with van der Waals surface area (Å²) in [7, 11) is 1.71. The molecule has 16 heavy (non-hydrogen) atoms. The maximum absolute atomic E-state index is 5.98. The molecular formula is C12H18ClNOS. The fourth-order valence-electron chi connectivity index (χ4n) is 1.36. The second-order valence-electron chi connectivity index (χ2n) is 3.35. The van der Waals surface area contributed by atoms with Crippen LogP contribution >= 0.6 is 23.4 Å². The van der Waals surface area contributed by atoms with Crippen molar-refractivity contribution in [2.24, 2.45) is 0 Å². The van der Waals surface area contributed by atoms with Crippen LogP contribution < -0.4 is 5.32 Å². The Bertz CT molecular complexity index is 320. The molecular weight excluding hydrogens is 242 g/mol. The average Bonchev–Trinajstić information content (AvgIpc) is 2.27. The number of halogens is 1. The summed E-state index contributed by atoms with van der Waals surface area (Å²) in [5.74, 6) is 1.06. The summed E-state index contributed by atoms with van der Waals surface area (Å²) in [4.78, 5) is 1.26. The van der Waals surface area contributed by atoms with Crippen molar-refractivity contribution in [3.05, 3.63) is 28.8 Å². The molecule has 1 aromatic carbocycles. The van der Waals surface area contributed by atoms with Crippen molar-refractivity contribution in [2.45, 2.75) is 18.4 Å². The Morgan fingerprint density at radius 3 is 2.94 bits per heavy atom. The van der Waals surface area contributed by atoms with Gasteiger partial charge in [-0.3, -0.25) is 0 Å². The van der Waals surface area contributed by atoms with Crippen molar-refractivity contribution in [2.75, 3.05) is 26.0 Å². The number of ether oxygens (including phenoxy) is 1. The quantitative estimate of drug-likeness (QED) is 0.600. The third-order valence-corrected chi connectivity index (χ3v) is 3.34. The van der Waals surface area contributed by atoms with Gasteiger partial charge in [-0.1, -0.05) is 24.6 Å². The minimum Gasteiger partial charge on any atom is -0.383 e. The van der Waals surface area contributed by atoms with Gasteiger partial charge in [-0.15, -0.1) is 11.8 Å². The maximum atomic E-state index is 5.98. The summed E-state index contributed by atoms with van der Waals surface area (Å²) in [5.41, 5.74) is 1.30. The van der Waals surface area contributed by atoms with Crippen molar-refractivity contribution >= 4 is 23.4 Å². The van der Waals surface area contributed by atoms with Crippen LogP contribution in [0.5, 0.6) is 0 Å². The van der Waals surface area contributed by atoms with Gasteiger partial charge in [0.2, 0.25) is 0 Å². The number of nitrogens with one attached hydrogen (secondary N) is 1. The van der Waals surface area contributed by atoms with Crippen molar-refractivity contribution in [1.82, 2.24) is 5.32 Å². The molecule has 0 amide bonds. The van der Waals surface area contributed by atoms with Gasteiger partial charge in [0.15, 0.2) is 0 Å². The lowest BCUT2D eigenvalue weighted by Gasteiger charge is -2.10. The van der Waals surface area contributed by atoms with Crippen molar-refractivity contribution in [1.29, 1.82) is 0 Å². The monoisotopic (exact) mass is 259 g/mol. The van der Waals surface area contributed by atoms with Gasteiger partial charge in [0.05, 0.1) is 6.61 Å². The summed E-state index contributed by atoms with van der Waals surface area (Å²) < 4.78 is 4.99. The topological polar surface area (TPSA) is 21.3 Å². The van der Waals surface area contributed by atoms with E-state index in [1.54, 1.807) is 7.11 Å². The molecule has 0 aromatic heterocycles. The van der Waals surface area contributed by atoms with E-state index in [0.29, 0.717) is 0 Å². The molecule has 0 heterocycles. The minimum atomic E-state index is 0.740. The summed E-state index contributed by atoms with van der Waals surface area (Å²) in [6, 6.07) is 6.05. The second kappa shape index (κ2) is 7.96. The highest BCUT2D eigenvalue weighted by atomic mass is 35.5. The van der Waals surface area contributed by atoms with Crippen LogP contribution in [0.4, 0.5) is 0 Å². The fraction of sp³-hybridized carbons (Fsp3) is 0.500. The average molecular weight is 260 g/mol. The van der Waals surface area contributed by atoms with Crippen molar-refractivity contribution < 1.29 is 4.74 Å². The first-order valence-corrected chi connectivity index (χ1v) is 6.75. The molecule has 0 aliphatic heterocycles. The standard InChI is InChI=1S/C12H18ClNOS/c1-3-16-12-8-11(13)5-4-10(12)9-14-6-7-15-2/h4-5,8,14H,3,6-7,9H2,1-2H3. The molecule has 1 rings (SSSR count). The minimum absolute atomic E-state index is 0.740. The molecule has 0 saturated heterocycles. The number of thioether (sulfide) groups is 1. The molecule has 1 N–H and O–H groups in total. The third-order valence-electron chi connectivity index (χ3n) is 2.13. The Labute approximate surface area is 107 Å². The van der Waals surface area contributed by atoms with Crippen LogP contribution in [0.2, 0.25) is 5.02 Å². The molecule has 0 unspecified atom stereocenters. The van der Waals surface area contributed by atoms with Crippen LogP contribution in [0.3, 0.4) is 0 Å². The Kier molecular flexibility index (Phi) is 6.88. The van der Waals surface area contributed by atoms with E-state index in [1.165, 1.54) is 10.5 Å². The van der Waals surface area contributed by atoms with E-state index in [0.717, 1.165) is 30.5 Å². The number of methoxy groups -OCH3 is 1. The lowest BCUT2D eigenvalue weighted by Crippen LogP contribution is -2.18. The summed E-state index contributed by atoms with van der Waals surface area (Å²) in [5, 5.41) is 4.14. The van der Waals surface area contributed by atoms with Gasteiger partial charge >= 0.3 is 0 Å². The first-order chi connectivity index (χ1) is 7.77. The molecule has 0 radical (unpaired) electrons. The molecule has 0 atom stereocenters. The third kappa shape index (κ3) is 4.74. The predicted molar refractivity (Wildman–Crippen MR) is 71.4 cm³/mol. The van der Waals surface area contributed by atoms with E-state index in [9.17, 15) is 0 Å². The van der Waals surface area contributed by atoms with E-state index in [1.807, 2.05) is 23.9 Å². The van der Waals surface area contributed by atoms with Crippen LogP contribution in [0.25, 0.3) is 0 Å².